The second kappa shape index (κ2) is 7.12. The van der Waals surface area contributed by atoms with Crippen LogP contribution < -0.4 is 0 Å². The highest BCUT2D eigenvalue weighted by molar-refractivity contribution is 14.1. The number of hydrogen-bond acceptors (Lipinski definition) is 0. The van der Waals surface area contributed by atoms with Crippen LogP contribution in [0, 0.1) is 23.7 Å². The molecule has 102 valence electrons. The summed E-state index contributed by atoms with van der Waals surface area (Å²) in [5, 5.41) is 0. The topological polar surface area (TPSA) is 0 Å². The van der Waals surface area contributed by atoms with Crippen molar-refractivity contribution < 1.29 is 0 Å². The lowest BCUT2D eigenvalue weighted by Crippen LogP contribution is -2.27. The molecule has 0 heterocycles. The monoisotopic (exact) mass is 358 g/mol. The quantitative estimate of drug-likeness (QED) is 0.340. The van der Waals surface area contributed by atoms with Crippen molar-refractivity contribution in [3.05, 3.63) is 25.3 Å². The van der Waals surface area contributed by atoms with E-state index in [4.69, 9.17) is 0 Å². The molecule has 0 nitrogen and oxygen atoms in total. The Morgan fingerprint density at radius 2 is 1.33 bits per heavy atom. The fourth-order valence-electron chi connectivity index (χ4n) is 3.98. The van der Waals surface area contributed by atoms with Crippen LogP contribution in [0.1, 0.15) is 51.4 Å². The van der Waals surface area contributed by atoms with E-state index in [0.29, 0.717) is 3.92 Å². The van der Waals surface area contributed by atoms with Gasteiger partial charge in [0.05, 0.1) is 0 Å². The van der Waals surface area contributed by atoms with E-state index in [0.717, 1.165) is 23.7 Å². The molecule has 0 amide bonds. The maximum atomic E-state index is 3.95. The predicted molar refractivity (Wildman–Crippen MR) is 89.1 cm³/mol. The second-order valence-electron chi connectivity index (χ2n) is 6.27. The third-order valence-corrected chi connectivity index (χ3v) is 6.83. The molecule has 0 aromatic rings. The third-order valence-electron chi connectivity index (χ3n) is 5.31. The van der Waals surface area contributed by atoms with E-state index in [1.165, 1.54) is 51.4 Å². The number of allylic oxidation sites excluding steroid dienone is 2. The average Bonchev–Trinajstić information content (AvgIpc) is 2.47. The molecule has 2 fully saturated rings. The summed E-state index contributed by atoms with van der Waals surface area (Å²) in [5.74, 6) is 3.78. The molecule has 18 heavy (non-hydrogen) atoms. The van der Waals surface area contributed by atoms with Crippen LogP contribution in [0.5, 0.6) is 0 Å². The molecular weight excluding hydrogens is 331 g/mol. The molecule has 2 saturated carbocycles. The molecule has 2 rings (SSSR count). The molecule has 0 bridgehead atoms. The van der Waals surface area contributed by atoms with Gasteiger partial charge in [-0.3, -0.25) is 0 Å². The second-order valence-corrected chi connectivity index (χ2v) is 7.70. The van der Waals surface area contributed by atoms with Crippen molar-refractivity contribution in [2.75, 3.05) is 0 Å². The van der Waals surface area contributed by atoms with E-state index in [1.807, 2.05) is 0 Å². The van der Waals surface area contributed by atoms with Gasteiger partial charge in [-0.2, -0.15) is 0 Å². The number of rotatable bonds is 4. The van der Waals surface area contributed by atoms with Crippen LogP contribution in [-0.4, -0.2) is 3.92 Å². The Hall–Kier alpha value is 0.210. The number of hydrogen-bond donors (Lipinski definition) is 0. The van der Waals surface area contributed by atoms with Gasteiger partial charge in [0.1, 0.15) is 0 Å². The van der Waals surface area contributed by atoms with E-state index >= 15 is 0 Å². The summed E-state index contributed by atoms with van der Waals surface area (Å²) in [7, 11) is 0. The van der Waals surface area contributed by atoms with Crippen LogP contribution in [0.2, 0.25) is 0 Å². The molecule has 0 spiro atoms. The number of halogens is 1. The minimum atomic E-state index is 0.694. The first-order valence-electron chi connectivity index (χ1n) is 7.63. The van der Waals surface area contributed by atoms with Crippen LogP contribution >= 0.6 is 22.6 Å². The Labute approximate surface area is 126 Å². The summed E-state index contributed by atoms with van der Waals surface area (Å²) >= 11 is 2.56. The van der Waals surface area contributed by atoms with Crippen molar-refractivity contribution in [1.82, 2.24) is 0 Å². The van der Waals surface area contributed by atoms with E-state index in [1.54, 1.807) is 0 Å². The highest BCUT2D eigenvalue weighted by atomic mass is 127. The van der Waals surface area contributed by atoms with Gasteiger partial charge in [-0.05, 0) is 75.0 Å². The fourth-order valence-corrected chi connectivity index (χ4v) is 4.70. The van der Waals surface area contributed by atoms with E-state index in [2.05, 4.69) is 47.9 Å². The number of alkyl halides is 1. The lowest BCUT2D eigenvalue weighted by molar-refractivity contribution is 0.158. The van der Waals surface area contributed by atoms with Crippen LogP contribution in [0.25, 0.3) is 0 Å². The normalized spacial score (nSPS) is 38.9. The smallest absolute Gasteiger partial charge is 0.0315 e. The van der Waals surface area contributed by atoms with Crippen molar-refractivity contribution in [3.63, 3.8) is 0 Å². The first-order valence-corrected chi connectivity index (χ1v) is 8.88. The van der Waals surface area contributed by atoms with Crippen molar-refractivity contribution in [1.29, 1.82) is 0 Å². The zero-order valence-electron chi connectivity index (χ0n) is 11.5. The highest BCUT2D eigenvalue weighted by Crippen LogP contribution is 2.43. The Balaban J connectivity index is 1.76. The maximum absolute atomic E-state index is 3.95. The Morgan fingerprint density at radius 3 is 1.78 bits per heavy atom. The van der Waals surface area contributed by atoms with Gasteiger partial charge in [-0.15, -0.1) is 13.2 Å². The minimum Gasteiger partial charge on any atom is -0.103 e. The predicted octanol–water partition coefficient (Wildman–Crippen LogP) is 5.77. The molecule has 2 aliphatic carbocycles. The SMILES string of the molecule is C=CC1CCC(C2CCC(C(I)C=C)CC2)CC1. The lowest BCUT2D eigenvalue weighted by Gasteiger charge is -2.38. The van der Waals surface area contributed by atoms with Crippen LogP contribution in [0.15, 0.2) is 25.3 Å². The first kappa shape index (κ1) is 14.6. The molecule has 0 aromatic carbocycles. The standard InChI is InChI=1S/C17H27I/c1-3-13-5-7-14(8-6-13)15-9-11-16(12-10-15)17(18)4-2/h3-4,13-17H,1-2,5-12H2. The Morgan fingerprint density at radius 1 is 0.833 bits per heavy atom. The molecule has 0 aliphatic heterocycles. The summed E-state index contributed by atoms with van der Waals surface area (Å²) in [6.07, 6.45) is 15.9. The van der Waals surface area contributed by atoms with Crippen molar-refractivity contribution >= 4 is 22.6 Å². The van der Waals surface area contributed by atoms with Crippen molar-refractivity contribution in [2.45, 2.75) is 55.3 Å². The van der Waals surface area contributed by atoms with Crippen LogP contribution in [0.3, 0.4) is 0 Å². The molecule has 0 N–H and O–H groups in total. The van der Waals surface area contributed by atoms with Gasteiger partial charge in [0, 0.05) is 3.92 Å². The molecular formula is C17H27I. The van der Waals surface area contributed by atoms with Gasteiger partial charge in [0.25, 0.3) is 0 Å². The zero-order chi connectivity index (χ0) is 13.0. The highest BCUT2D eigenvalue weighted by Gasteiger charge is 2.31. The summed E-state index contributed by atoms with van der Waals surface area (Å²) in [4.78, 5) is 0. The van der Waals surface area contributed by atoms with Gasteiger partial charge in [0.2, 0.25) is 0 Å². The van der Waals surface area contributed by atoms with Crippen molar-refractivity contribution in [3.8, 4) is 0 Å². The lowest BCUT2D eigenvalue weighted by atomic mass is 9.69. The van der Waals surface area contributed by atoms with Gasteiger partial charge >= 0.3 is 0 Å². The summed E-state index contributed by atoms with van der Waals surface area (Å²) in [6, 6.07) is 0. The Kier molecular flexibility index (Phi) is 5.78. The van der Waals surface area contributed by atoms with Crippen molar-refractivity contribution in [2.24, 2.45) is 23.7 Å². The summed E-state index contributed by atoms with van der Waals surface area (Å²) in [6.45, 7) is 7.90. The van der Waals surface area contributed by atoms with E-state index in [9.17, 15) is 0 Å². The summed E-state index contributed by atoms with van der Waals surface area (Å²) < 4.78 is 0.694. The first-order chi connectivity index (χ1) is 8.74. The van der Waals surface area contributed by atoms with Crippen LogP contribution in [-0.2, 0) is 0 Å². The zero-order valence-corrected chi connectivity index (χ0v) is 13.6. The fraction of sp³-hybridized carbons (Fsp3) is 0.765. The van der Waals surface area contributed by atoms with E-state index in [-0.39, 0.29) is 0 Å². The molecule has 1 heteroatoms. The minimum absolute atomic E-state index is 0.694. The maximum Gasteiger partial charge on any atom is 0.0315 e. The molecule has 0 aromatic heterocycles. The van der Waals surface area contributed by atoms with Gasteiger partial charge in [-0.25, -0.2) is 0 Å². The molecule has 1 atom stereocenters. The van der Waals surface area contributed by atoms with Gasteiger partial charge < -0.3 is 0 Å². The van der Waals surface area contributed by atoms with E-state index < -0.39 is 0 Å². The van der Waals surface area contributed by atoms with Gasteiger partial charge in [-0.1, -0.05) is 34.7 Å². The largest absolute Gasteiger partial charge is 0.103 e. The molecule has 0 radical (unpaired) electrons. The molecule has 2 aliphatic rings. The van der Waals surface area contributed by atoms with Crippen LogP contribution in [0.4, 0.5) is 0 Å². The Bertz CT molecular complexity index is 267. The summed E-state index contributed by atoms with van der Waals surface area (Å²) in [5.41, 5.74) is 0. The average molecular weight is 358 g/mol. The molecule has 1 unspecified atom stereocenters. The third kappa shape index (κ3) is 3.61. The van der Waals surface area contributed by atoms with Gasteiger partial charge in [0.15, 0.2) is 0 Å². The molecule has 0 saturated heterocycles.